The van der Waals surface area contributed by atoms with Crippen LogP contribution in [0.4, 0.5) is 0 Å². The predicted octanol–water partition coefficient (Wildman–Crippen LogP) is 3.12. The van der Waals surface area contributed by atoms with Gasteiger partial charge in [-0.2, -0.15) is 0 Å². The van der Waals surface area contributed by atoms with Gasteiger partial charge < -0.3 is 14.8 Å². The molecule has 2 N–H and O–H groups in total. The molecule has 1 aromatic rings. The van der Waals surface area contributed by atoms with E-state index in [0.717, 1.165) is 29.9 Å². The van der Waals surface area contributed by atoms with Crippen LogP contribution in [0.5, 0.6) is 0 Å². The average molecular weight is 293 g/mol. The van der Waals surface area contributed by atoms with Crippen LogP contribution in [0.15, 0.2) is 10.5 Å². The smallest absolute Gasteiger partial charge is 0.223 e. The van der Waals surface area contributed by atoms with Crippen LogP contribution in [0, 0.1) is 18.3 Å². The average Bonchev–Trinajstić information content (AvgIpc) is 2.67. The molecule has 118 valence electrons. The molecule has 0 spiro atoms. The molecule has 2 atom stereocenters. The summed E-state index contributed by atoms with van der Waals surface area (Å²) in [6.07, 6.45) is 1.35. The number of amides is 1. The normalized spacial score (nSPS) is 22.0. The molecule has 0 radical (unpaired) electrons. The largest absolute Gasteiger partial charge is 0.466 e. The number of aliphatic hydroxyl groups is 1. The fourth-order valence-corrected chi connectivity index (χ4v) is 2.99. The van der Waals surface area contributed by atoms with E-state index in [0.29, 0.717) is 0 Å². The molecule has 0 aromatic carbocycles. The molecule has 4 heteroatoms. The molecule has 1 aliphatic rings. The molecule has 0 aliphatic heterocycles. The van der Waals surface area contributed by atoms with Crippen molar-refractivity contribution in [3.63, 3.8) is 0 Å². The summed E-state index contributed by atoms with van der Waals surface area (Å²) in [6.45, 7) is 10.1. The van der Waals surface area contributed by atoms with Gasteiger partial charge in [0, 0.05) is 12.0 Å². The van der Waals surface area contributed by atoms with Crippen molar-refractivity contribution in [3.8, 4) is 0 Å². The maximum atomic E-state index is 12.2. The fraction of sp³-hybridized carbons (Fsp3) is 0.706. The molecule has 0 saturated heterocycles. The predicted molar refractivity (Wildman–Crippen MR) is 81.9 cm³/mol. The van der Waals surface area contributed by atoms with Gasteiger partial charge in [-0.05, 0) is 30.7 Å². The van der Waals surface area contributed by atoms with E-state index >= 15 is 0 Å². The van der Waals surface area contributed by atoms with E-state index in [1.54, 1.807) is 0 Å². The topological polar surface area (TPSA) is 62.5 Å². The van der Waals surface area contributed by atoms with Crippen molar-refractivity contribution in [2.75, 3.05) is 0 Å². The van der Waals surface area contributed by atoms with Crippen molar-refractivity contribution in [2.24, 2.45) is 11.3 Å². The second-order valence-corrected chi connectivity index (χ2v) is 7.42. The van der Waals surface area contributed by atoms with E-state index in [-0.39, 0.29) is 29.7 Å². The second kappa shape index (κ2) is 5.84. The zero-order valence-electron chi connectivity index (χ0n) is 13.7. The van der Waals surface area contributed by atoms with Gasteiger partial charge >= 0.3 is 0 Å². The Kier molecular flexibility index (Phi) is 4.47. The third kappa shape index (κ3) is 3.88. The maximum Gasteiger partial charge on any atom is 0.223 e. The number of carbonyl (C=O) groups is 1. The van der Waals surface area contributed by atoms with Crippen molar-refractivity contribution in [2.45, 2.75) is 66.0 Å². The van der Waals surface area contributed by atoms with Crippen LogP contribution in [0.1, 0.15) is 63.7 Å². The van der Waals surface area contributed by atoms with Gasteiger partial charge in [0.05, 0.1) is 18.6 Å². The summed E-state index contributed by atoms with van der Waals surface area (Å²) in [4.78, 5) is 12.2. The molecule has 0 fully saturated rings. The molecule has 1 heterocycles. The molecule has 21 heavy (non-hydrogen) atoms. The Morgan fingerprint density at radius 2 is 2.19 bits per heavy atom. The molecular weight excluding hydrogens is 266 g/mol. The number of aliphatic hydroxyl groups excluding tert-OH is 1. The van der Waals surface area contributed by atoms with Gasteiger partial charge in [0.2, 0.25) is 5.91 Å². The van der Waals surface area contributed by atoms with Crippen LogP contribution >= 0.6 is 0 Å². The zero-order chi connectivity index (χ0) is 15.8. The van der Waals surface area contributed by atoms with E-state index in [1.165, 1.54) is 0 Å². The van der Waals surface area contributed by atoms with E-state index in [1.807, 2.05) is 26.8 Å². The number of carbonyl (C=O) groups excluding carboxylic acids is 1. The molecule has 2 unspecified atom stereocenters. The van der Waals surface area contributed by atoms with Crippen molar-refractivity contribution in [1.29, 1.82) is 0 Å². The van der Waals surface area contributed by atoms with E-state index in [4.69, 9.17) is 4.42 Å². The van der Waals surface area contributed by atoms with E-state index in [9.17, 15) is 9.90 Å². The molecule has 1 amide bonds. The summed E-state index contributed by atoms with van der Waals surface area (Å²) >= 11 is 0. The number of fused-ring (bicyclic) bond motifs is 1. The summed E-state index contributed by atoms with van der Waals surface area (Å²) in [5, 5.41) is 12.9. The summed E-state index contributed by atoms with van der Waals surface area (Å²) in [5.41, 5.74) is 1.20. The number of rotatable bonds is 4. The maximum absolute atomic E-state index is 12.2. The highest BCUT2D eigenvalue weighted by Crippen LogP contribution is 2.42. The molecule has 4 nitrogen and oxygen atoms in total. The zero-order valence-corrected chi connectivity index (χ0v) is 13.7. The Morgan fingerprint density at radius 3 is 2.81 bits per heavy atom. The Bertz CT molecular complexity index is 516. The van der Waals surface area contributed by atoms with E-state index in [2.05, 4.69) is 19.2 Å². The first kappa shape index (κ1) is 16.1. The third-order valence-corrected chi connectivity index (χ3v) is 4.24. The number of aryl methyl sites for hydroxylation is 1. The number of hydrogen-bond acceptors (Lipinski definition) is 3. The minimum atomic E-state index is -0.591. The highest BCUT2D eigenvalue weighted by molar-refractivity contribution is 5.77. The van der Waals surface area contributed by atoms with Crippen LogP contribution in [-0.2, 0) is 11.2 Å². The monoisotopic (exact) mass is 293 g/mol. The molecule has 2 rings (SSSR count). The molecule has 1 aromatic heterocycles. The molecular formula is C17H27NO3. The van der Waals surface area contributed by atoms with Crippen molar-refractivity contribution in [1.82, 2.24) is 5.32 Å². The van der Waals surface area contributed by atoms with Crippen molar-refractivity contribution < 1.29 is 14.3 Å². The fourth-order valence-electron chi connectivity index (χ4n) is 2.99. The molecule has 0 saturated carbocycles. The number of furan rings is 1. The lowest BCUT2D eigenvalue weighted by Crippen LogP contribution is -2.37. The lowest BCUT2D eigenvalue weighted by atomic mass is 9.74. The van der Waals surface area contributed by atoms with Gasteiger partial charge in [0.25, 0.3) is 0 Å². The van der Waals surface area contributed by atoms with E-state index < -0.39 is 6.10 Å². The SMILES string of the molecule is Cc1cc2c(o1)CC(C)(C)CC2NC(=O)CC(O)C(C)C. The minimum Gasteiger partial charge on any atom is -0.466 e. The Hall–Kier alpha value is -1.29. The number of nitrogens with one attached hydrogen (secondary N) is 1. The summed E-state index contributed by atoms with van der Waals surface area (Å²) in [7, 11) is 0. The van der Waals surface area contributed by atoms with Gasteiger partial charge in [-0.15, -0.1) is 0 Å². The van der Waals surface area contributed by atoms with Gasteiger partial charge in [0.1, 0.15) is 11.5 Å². The first-order valence-electron chi connectivity index (χ1n) is 7.74. The highest BCUT2D eigenvalue weighted by Gasteiger charge is 2.35. The first-order valence-corrected chi connectivity index (χ1v) is 7.74. The van der Waals surface area contributed by atoms with Crippen LogP contribution in [-0.4, -0.2) is 17.1 Å². The third-order valence-electron chi connectivity index (χ3n) is 4.24. The second-order valence-electron chi connectivity index (χ2n) is 7.42. The van der Waals surface area contributed by atoms with Gasteiger partial charge in [0.15, 0.2) is 0 Å². The Balaban J connectivity index is 2.10. The lowest BCUT2D eigenvalue weighted by molar-refractivity contribution is -0.124. The standard InChI is InChI=1S/C17H27NO3/c1-10(2)14(19)7-16(20)18-13-8-17(4,5)9-15-12(13)6-11(3)21-15/h6,10,13-14,19H,7-9H2,1-5H3,(H,18,20). The van der Waals surface area contributed by atoms with Gasteiger partial charge in [-0.1, -0.05) is 27.7 Å². The van der Waals surface area contributed by atoms with Crippen LogP contribution in [0.3, 0.4) is 0 Å². The van der Waals surface area contributed by atoms with Crippen LogP contribution in [0.2, 0.25) is 0 Å². The minimum absolute atomic E-state index is 0.0203. The number of hydrogen-bond donors (Lipinski definition) is 2. The summed E-state index contributed by atoms with van der Waals surface area (Å²) in [5.74, 6) is 1.87. The van der Waals surface area contributed by atoms with Crippen LogP contribution < -0.4 is 5.32 Å². The summed E-state index contributed by atoms with van der Waals surface area (Å²) in [6, 6.07) is 2.00. The van der Waals surface area contributed by atoms with Crippen LogP contribution in [0.25, 0.3) is 0 Å². The molecule has 0 bridgehead atoms. The Labute approximate surface area is 126 Å². The summed E-state index contributed by atoms with van der Waals surface area (Å²) < 4.78 is 5.77. The molecule has 1 aliphatic carbocycles. The Morgan fingerprint density at radius 1 is 1.52 bits per heavy atom. The quantitative estimate of drug-likeness (QED) is 0.896. The van der Waals surface area contributed by atoms with Crippen molar-refractivity contribution in [3.05, 3.63) is 23.2 Å². The van der Waals surface area contributed by atoms with Crippen molar-refractivity contribution >= 4 is 5.91 Å². The lowest BCUT2D eigenvalue weighted by Gasteiger charge is -2.34. The first-order chi connectivity index (χ1) is 9.68. The van der Waals surface area contributed by atoms with Gasteiger partial charge in [-0.25, -0.2) is 0 Å². The van der Waals surface area contributed by atoms with Gasteiger partial charge in [-0.3, -0.25) is 4.79 Å². The highest BCUT2D eigenvalue weighted by atomic mass is 16.3.